The van der Waals surface area contributed by atoms with Crippen molar-refractivity contribution in [1.82, 2.24) is 0 Å². The first-order valence-electron chi connectivity index (χ1n) is 9.47. The zero-order chi connectivity index (χ0) is 19.6. The van der Waals surface area contributed by atoms with Gasteiger partial charge in [0.15, 0.2) is 0 Å². The van der Waals surface area contributed by atoms with E-state index in [9.17, 15) is 18.0 Å². The van der Waals surface area contributed by atoms with E-state index in [2.05, 4.69) is 5.32 Å². The summed E-state index contributed by atoms with van der Waals surface area (Å²) in [5.74, 6) is -1.63. The molecule has 1 saturated carbocycles. The Hall–Kier alpha value is -1.96. The molecule has 1 aliphatic heterocycles. The normalized spacial score (nSPS) is 27.4. The van der Waals surface area contributed by atoms with Crippen LogP contribution in [0.25, 0.3) is 0 Å². The van der Waals surface area contributed by atoms with Gasteiger partial charge in [0, 0.05) is 42.5 Å². The summed E-state index contributed by atoms with van der Waals surface area (Å²) >= 11 is 0. The fourth-order valence-corrected chi connectivity index (χ4v) is 4.09. The minimum atomic E-state index is -4.09. The third-order valence-electron chi connectivity index (χ3n) is 5.84. The highest BCUT2D eigenvalue weighted by molar-refractivity contribution is 5.76. The smallest absolute Gasteiger partial charge is 0.381 e. The van der Waals surface area contributed by atoms with E-state index in [1.165, 1.54) is 0 Å². The Morgan fingerprint density at radius 2 is 1.70 bits per heavy atom. The Bertz CT molecular complexity index is 641. The molecule has 3 rings (SSSR count). The third kappa shape index (κ3) is 4.86. The summed E-state index contributed by atoms with van der Waals surface area (Å²) in [6.07, 6.45) is -1.72. The first-order valence-corrected chi connectivity index (χ1v) is 9.47. The van der Waals surface area contributed by atoms with Crippen molar-refractivity contribution in [3.63, 3.8) is 0 Å². The van der Waals surface area contributed by atoms with E-state index in [0.717, 1.165) is 24.2 Å². The second-order valence-electron chi connectivity index (χ2n) is 7.68. The number of benzene rings is 1. The number of rotatable bonds is 4. The number of nitrogens with one attached hydrogen (secondary N) is 1. The molecule has 8 heteroatoms. The third-order valence-corrected chi connectivity index (χ3v) is 5.84. The maximum absolute atomic E-state index is 12.8. The number of carbonyl (C=O) groups is 1. The topological polar surface area (TPSA) is 84.4 Å². The zero-order valence-corrected chi connectivity index (χ0v) is 15.2. The van der Waals surface area contributed by atoms with Gasteiger partial charge >= 0.3 is 6.18 Å². The number of hydrogen-bond donors (Lipinski definition) is 3. The van der Waals surface area contributed by atoms with Crippen LogP contribution < -0.4 is 21.7 Å². The summed E-state index contributed by atoms with van der Waals surface area (Å²) in [5, 5.41) is 3.40. The van der Waals surface area contributed by atoms with E-state index < -0.39 is 12.1 Å². The summed E-state index contributed by atoms with van der Waals surface area (Å²) in [7, 11) is 0. The standard InChI is InChI=1S/C19H27F3N4O/c20-19(21,22)13-7-9-26(10-8-13)15-4-2-14(3-5-15)25-17-6-1-12(18(24)27)11-16(17)23/h2-5,12-13,16-17,25H,1,6-11,23H2,(H2,24,27)/t12-,16+,17?/m1/s1. The second-order valence-corrected chi connectivity index (χ2v) is 7.68. The molecule has 1 aromatic carbocycles. The Labute approximate surface area is 157 Å². The number of primary amides is 1. The zero-order valence-electron chi connectivity index (χ0n) is 15.2. The highest BCUT2D eigenvalue weighted by atomic mass is 19.4. The van der Waals surface area contributed by atoms with Gasteiger partial charge in [0.05, 0.1) is 5.92 Å². The van der Waals surface area contributed by atoms with E-state index in [0.29, 0.717) is 19.5 Å². The fourth-order valence-electron chi connectivity index (χ4n) is 4.09. The molecular weight excluding hydrogens is 357 g/mol. The van der Waals surface area contributed by atoms with Gasteiger partial charge in [-0.2, -0.15) is 13.2 Å². The van der Waals surface area contributed by atoms with Crippen molar-refractivity contribution in [3.8, 4) is 0 Å². The summed E-state index contributed by atoms with van der Waals surface area (Å²) in [6.45, 7) is 0.831. The largest absolute Gasteiger partial charge is 0.391 e. The number of piperidine rings is 1. The fraction of sp³-hybridized carbons (Fsp3) is 0.632. The lowest BCUT2D eigenvalue weighted by atomic mass is 9.82. The van der Waals surface area contributed by atoms with Gasteiger partial charge in [-0.3, -0.25) is 4.79 Å². The lowest BCUT2D eigenvalue weighted by Crippen LogP contribution is -2.47. The molecule has 27 heavy (non-hydrogen) atoms. The molecule has 1 saturated heterocycles. The van der Waals surface area contributed by atoms with Gasteiger partial charge in [0.1, 0.15) is 0 Å². The molecule has 1 aromatic rings. The van der Waals surface area contributed by atoms with Crippen molar-refractivity contribution in [3.05, 3.63) is 24.3 Å². The van der Waals surface area contributed by atoms with Crippen LogP contribution in [0.4, 0.5) is 24.5 Å². The second kappa shape index (κ2) is 7.96. The molecule has 1 amide bonds. The first-order chi connectivity index (χ1) is 12.7. The SMILES string of the molecule is NC(=O)[C@@H]1CCC(Nc2ccc(N3CCC(C(F)(F)F)CC3)cc2)[C@@H](N)C1. The van der Waals surface area contributed by atoms with E-state index >= 15 is 0 Å². The Kier molecular flexibility index (Phi) is 5.83. The number of nitrogens with zero attached hydrogens (tertiary/aromatic N) is 1. The number of anilines is 2. The van der Waals surface area contributed by atoms with E-state index in [-0.39, 0.29) is 36.8 Å². The maximum atomic E-state index is 12.8. The van der Waals surface area contributed by atoms with Gasteiger partial charge in [-0.1, -0.05) is 0 Å². The minimum absolute atomic E-state index is 0.0778. The molecule has 150 valence electrons. The molecule has 1 unspecified atom stereocenters. The lowest BCUT2D eigenvalue weighted by molar-refractivity contribution is -0.179. The van der Waals surface area contributed by atoms with Gasteiger partial charge in [-0.15, -0.1) is 0 Å². The Balaban J connectivity index is 1.53. The van der Waals surface area contributed by atoms with E-state index in [4.69, 9.17) is 11.5 Å². The van der Waals surface area contributed by atoms with Gasteiger partial charge in [0.25, 0.3) is 0 Å². The molecule has 2 fully saturated rings. The highest BCUT2D eigenvalue weighted by Gasteiger charge is 2.41. The molecule has 5 nitrogen and oxygen atoms in total. The summed E-state index contributed by atoms with van der Waals surface area (Å²) in [4.78, 5) is 13.3. The van der Waals surface area contributed by atoms with Crippen LogP contribution in [-0.4, -0.2) is 37.3 Å². The van der Waals surface area contributed by atoms with Crippen LogP contribution in [0.1, 0.15) is 32.1 Å². The van der Waals surface area contributed by atoms with Crippen LogP contribution in [0, 0.1) is 11.8 Å². The summed E-state index contributed by atoms with van der Waals surface area (Å²) < 4.78 is 38.4. The molecule has 0 aromatic heterocycles. The van der Waals surface area contributed by atoms with E-state index in [1.54, 1.807) is 0 Å². The maximum Gasteiger partial charge on any atom is 0.391 e. The average Bonchev–Trinajstić information content (AvgIpc) is 2.63. The van der Waals surface area contributed by atoms with Crippen LogP contribution >= 0.6 is 0 Å². The molecule has 3 atom stereocenters. The predicted octanol–water partition coefficient (Wildman–Crippen LogP) is 2.86. The molecule has 1 heterocycles. The number of carbonyl (C=O) groups excluding carboxylic acids is 1. The monoisotopic (exact) mass is 384 g/mol. The molecule has 0 bridgehead atoms. The van der Waals surface area contributed by atoms with Gasteiger partial charge in [-0.05, 0) is 56.4 Å². The van der Waals surface area contributed by atoms with Crippen molar-refractivity contribution in [2.45, 2.75) is 50.4 Å². The number of alkyl halides is 3. The van der Waals surface area contributed by atoms with Crippen molar-refractivity contribution < 1.29 is 18.0 Å². The molecule has 1 aliphatic carbocycles. The Morgan fingerprint density at radius 3 is 2.22 bits per heavy atom. The van der Waals surface area contributed by atoms with Gasteiger partial charge in [-0.25, -0.2) is 0 Å². The van der Waals surface area contributed by atoms with Gasteiger partial charge < -0.3 is 21.7 Å². The van der Waals surface area contributed by atoms with Crippen LogP contribution in [0.2, 0.25) is 0 Å². The minimum Gasteiger partial charge on any atom is -0.381 e. The van der Waals surface area contributed by atoms with Crippen molar-refractivity contribution in [2.24, 2.45) is 23.3 Å². The van der Waals surface area contributed by atoms with Crippen molar-refractivity contribution in [1.29, 1.82) is 0 Å². The molecular formula is C19H27F3N4O. The van der Waals surface area contributed by atoms with Crippen LogP contribution in [0.15, 0.2) is 24.3 Å². The van der Waals surface area contributed by atoms with Crippen LogP contribution in [-0.2, 0) is 4.79 Å². The number of hydrogen-bond acceptors (Lipinski definition) is 4. The van der Waals surface area contributed by atoms with Crippen LogP contribution in [0.3, 0.4) is 0 Å². The highest BCUT2D eigenvalue weighted by Crippen LogP contribution is 2.35. The first kappa shape index (κ1) is 19.8. The molecule has 2 aliphatic rings. The van der Waals surface area contributed by atoms with Crippen molar-refractivity contribution >= 4 is 17.3 Å². The number of nitrogens with two attached hydrogens (primary N) is 2. The summed E-state index contributed by atoms with van der Waals surface area (Å²) in [5.41, 5.74) is 13.4. The lowest BCUT2D eigenvalue weighted by Gasteiger charge is -2.35. The predicted molar refractivity (Wildman–Crippen MR) is 99.4 cm³/mol. The summed E-state index contributed by atoms with van der Waals surface area (Å²) in [6, 6.07) is 7.65. The quantitative estimate of drug-likeness (QED) is 0.745. The van der Waals surface area contributed by atoms with E-state index in [1.807, 2.05) is 29.2 Å². The Morgan fingerprint density at radius 1 is 1.07 bits per heavy atom. The van der Waals surface area contributed by atoms with Gasteiger partial charge in [0.2, 0.25) is 5.91 Å². The molecule has 5 N–H and O–H groups in total. The molecule has 0 radical (unpaired) electrons. The van der Waals surface area contributed by atoms with Crippen molar-refractivity contribution in [2.75, 3.05) is 23.3 Å². The number of halogens is 3. The average molecular weight is 384 g/mol. The van der Waals surface area contributed by atoms with Crippen LogP contribution in [0.5, 0.6) is 0 Å². The molecule has 0 spiro atoms. The number of amides is 1.